The number of unbranched alkanes of at least 4 members (excludes halogenated alkanes) is 34. The lowest BCUT2D eigenvalue weighted by Crippen LogP contribution is -2.46. The molecule has 3 atom stereocenters. The molecular formula is C73H133N2O6P. The van der Waals surface area contributed by atoms with Gasteiger partial charge in [0.2, 0.25) is 5.91 Å². The molecule has 0 heterocycles. The molecule has 9 heteroatoms. The smallest absolute Gasteiger partial charge is 0.268 e. The number of carbonyl (C=O) groups is 1. The van der Waals surface area contributed by atoms with Crippen molar-refractivity contribution in [2.24, 2.45) is 0 Å². The van der Waals surface area contributed by atoms with E-state index in [0.717, 1.165) is 89.9 Å². The molecule has 8 nitrogen and oxygen atoms in total. The van der Waals surface area contributed by atoms with E-state index in [1.807, 2.05) is 21.1 Å². The third-order valence-corrected chi connectivity index (χ3v) is 16.3. The van der Waals surface area contributed by atoms with E-state index in [2.05, 4.69) is 116 Å². The maximum atomic E-state index is 13.0. The highest BCUT2D eigenvalue weighted by molar-refractivity contribution is 7.45. The molecule has 0 saturated heterocycles. The van der Waals surface area contributed by atoms with E-state index in [0.29, 0.717) is 23.9 Å². The summed E-state index contributed by atoms with van der Waals surface area (Å²) < 4.78 is 23.5. The van der Waals surface area contributed by atoms with Gasteiger partial charge in [-0.25, -0.2) is 0 Å². The molecule has 0 spiro atoms. The minimum absolute atomic E-state index is 0.0107. The van der Waals surface area contributed by atoms with Crippen LogP contribution in [-0.2, 0) is 18.4 Å². The van der Waals surface area contributed by atoms with Crippen LogP contribution in [0.15, 0.2) is 97.2 Å². The van der Waals surface area contributed by atoms with Crippen LogP contribution in [-0.4, -0.2) is 68.5 Å². The lowest BCUT2D eigenvalue weighted by Gasteiger charge is -2.30. The number of allylic oxidation sites excluding steroid dienone is 16. The number of likely N-dealkylation sites (N-methyl/N-ethyl adjacent to an activating group) is 1. The van der Waals surface area contributed by atoms with Gasteiger partial charge in [0.15, 0.2) is 0 Å². The van der Waals surface area contributed by atoms with Crippen molar-refractivity contribution in [3.63, 3.8) is 0 Å². The van der Waals surface area contributed by atoms with Crippen LogP contribution in [0.4, 0.5) is 0 Å². The van der Waals surface area contributed by atoms with Crippen LogP contribution in [0, 0.1) is 0 Å². The Bertz CT molecular complexity index is 1660. The van der Waals surface area contributed by atoms with Gasteiger partial charge in [-0.05, 0) is 77.0 Å². The number of nitrogens with zero attached hydrogens (tertiary/aromatic N) is 1. The zero-order valence-corrected chi connectivity index (χ0v) is 55.3. The fraction of sp³-hybridized carbons (Fsp3) is 0.767. The molecule has 82 heavy (non-hydrogen) atoms. The van der Waals surface area contributed by atoms with Crippen LogP contribution < -0.4 is 10.2 Å². The van der Waals surface area contributed by atoms with Crippen LogP contribution >= 0.6 is 7.82 Å². The zero-order chi connectivity index (χ0) is 59.8. The lowest BCUT2D eigenvalue weighted by molar-refractivity contribution is -0.870. The monoisotopic (exact) mass is 1160 g/mol. The Morgan fingerprint density at radius 1 is 0.439 bits per heavy atom. The summed E-state index contributed by atoms with van der Waals surface area (Å²) in [5.41, 5.74) is 0. The van der Waals surface area contributed by atoms with Crippen molar-refractivity contribution in [2.75, 3.05) is 40.9 Å². The molecule has 2 N–H and O–H groups in total. The highest BCUT2D eigenvalue weighted by Crippen LogP contribution is 2.38. The molecule has 0 bridgehead atoms. The summed E-state index contributed by atoms with van der Waals surface area (Å²) in [5.74, 6) is -0.163. The average molecular weight is 1170 g/mol. The maximum absolute atomic E-state index is 13.0. The summed E-state index contributed by atoms with van der Waals surface area (Å²) in [4.78, 5) is 25.6. The normalized spacial score (nSPS) is 14.3. The molecule has 1 amide bonds. The van der Waals surface area contributed by atoms with Crippen LogP contribution in [0.2, 0.25) is 0 Å². The molecule has 0 saturated carbocycles. The van der Waals surface area contributed by atoms with Crippen molar-refractivity contribution < 1.29 is 32.9 Å². The number of hydrogen-bond donors (Lipinski definition) is 2. The van der Waals surface area contributed by atoms with E-state index < -0.39 is 20.0 Å². The Kier molecular flexibility index (Phi) is 61.0. The van der Waals surface area contributed by atoms with E-state index in [-0.39, 0.29) is 19.1 Å². The number of carbonyl (C=O) groups excluding carboxylic acids is 1. The molecule has 0 aromatic rings. The summed E-state index contributed by atoms with van der Waals surface area (Å²) in [5, 5.41) is 14.1. The molecular weight excluding hydrogens is 1030 g/mol. The Morgan fingerprint density at radius 3 is 1.09 bits per heavy atom. The highest BCUT2D eigenvalue weighted by Gasteiger charge is 2.24. The second kappa shape index (κ2) is 62.9. The summed E-state index contributed by atoms with van der Waals surface area (Å²) >= 11 is 0. The second-order valence-electron chi connectivity index (χ2n) is 24.5. The molecule has 0 fully saturated rings. The third kappa shape index (κ3) is 65.0. The minimum atomic E-state index is -4.58. The lowest BCUT2D eigenvalue weighted by atomic mass is 10.0. The topological polar surface area (TPSA) is 108 Å². The summed E-state index contributed by atoms with van der Waals surface area (Å²) in [6.45, 7) is 4.64. The Balaban J connectivity index is 3.99. The van der Waals surface area contributed by atoms with Crippen molar-refractivity contribution in [2.45, 2.75) is 321 Å². The molecule has 0 rings (SSSR count). The van der Waals surface area contributed by atoms with Gasteiger partial charge in [-0.3, -0.25) is 9.36 Å². The van der Waals surface area contributed by atoms with E-state index in [9.17, 15) is 19.4 Å². The van der Waals surface area contributed by atoms with Gasteiger partial charge in [0.25, 0.3) is 7.82 Å². The van der Waals surface area contributed by atoms with E-state index >= 15 is 0 Å². The maximum Gasteiger partial charge on any atom is 0.268 e. The number of aliphatic hydroxyl groups is 1. The molecule has 0 aliphatic carbocycles. The molecule has 0 aromatic carbocycles. The van der Waals surface area contributed by atoms with Crippen LogP contribution in [0.1, 0.15) is 309 Å². The minimum Gasteiger partial charge on any atom is -0.756 e. The van der Waals surface area contributed by atoms with Gasteiger partial charge in [-0.1, -0.05) is 323 Å². The van der Waals surface area contributed by atoms with Gasteiger partial charge in [-0.2, -0.15) is 0 Å². The predicted molar refractivity (Wildman–Crippen MR) is 357 cm³/mol. The van der Waals surface area contributed by atoms with Gasteiger partial charge >= 0.3 is 0 Å². The molecule has 0 aliphatic heterocycles. The van der Waals surface area contributed by atoms with Crippen molar-refractivity contribution in [3.8, 4) is 0 Å². The summed E-state index contributed by atoms with van der Waals surface area (Å²) in [6, 6.07) is -0.805. The third-order valence-electron chi connectivity index (χ3n) is 15.3. The molecule has 3 unspecified atom stereocenters. The van der Waals surface area contributed by atoms with Crippen molar-refractivity contribution in [1.29, 1.82) is 0 Å². The number of amides is 1. The van der Waals surface area contributed by atoms with E-state index in [1.54, 1.807) is 0 Å². The van der Waals surface area contributed by atoms with Crippen molar-refractivity contribution >= 4 is 13.7 Å². The molecule has 0 aromatic heterocycles. The van der Waals surface area contributed by atoms with Gasteiger partial charge in [0.1, 0.15) is 13.2 Å². The fourth-order valence-electron chi connectivity index (χ4n) is 10.0. The average Bonchev–Trinajstić information content (AvgIpc) is 3.47. The largest absolute Gasteiger partial charge is 0.756 e. The summed E-state index contributed by atoms with van der Waals surface area (Å²) in [7, 11) is 1.31. The number of phosphoric acid groups is 1. The Morgan fingerprint density at radius 2 is 0.744 bits per heavy atom. The zero-order valence-electron chi connectivity index (χ0n) is 54.4. The Hall–Kier alpha value is -2.58. The number of aliphatic hydroxyl groups excluding tert-OH is 1. The van der Waals surface area contributed by atoms with Crippen molar-refractivity contribution in [3.05, 3.63) is 97.2 Å². The van der Waals surface area contributed by atoms with Crippen LogP contribution in [0.3, 0.4) is 0 Å². The first-order chi connectivity index (χ1) is 40.0. The number of phosphoric ester groups is 1. The fourth-order valence-corrected chi connectivity index (χ4v) is 10.7. The summed E-state index contributed by atoms with van der Waals surface area (Å²) in [6.07, 6.45) is 90.5. The van der Waals surface area contributed by atoms with Gasteiger partial charge in [0.05, 0.1) is 39.9 Å². The van der Waals surface area contributed by atoms with Gasteiger partial charge < -0.3 is 28.8 Å². The molecule has 476 valence electrons. The van der Waals surface area contributed by atoms with Crippen molar-refractivity contribution in [1.82, 2.24) is 5.32 Å². The van der Waals surface area contributed by atoms with E-state index in [1.165, 1.54) is 193 Å². The van der Waals surface area contributed by atoms with Crippen LogP contribution in [0.25, 0.3) is 0 Å². The van der Waals surface area contributed by atoms with Gasteiger partial charge in [0, 0.05) is 6.42 Å². The first-order valence-corrected chi connectivity index (χ1v) is 36.0. The van der Waals surface area contributed by atoms with Crippen LogP contribution in [0.5, 0.6) is 0 Å². The molecule has 0 radical (unpaired) electrons. The predicted octanol–water partition coefficient (Wildman–Crippen LogP) is 21.5. The number of quaternary nitrogens is 1. The molecule has 0 aliphatic rings. The quantitative estimate of drug-likeness (QED) is 0.0272. The number of hydrogen-bond acceptors (Lipinski definition) is 6. The first kappa shape index (κ1) is 79.4. The number of nitrogens with one attached hydrogen (secondary N) is 1. The number of rotatable bonds is 63. The second-order valence-corrected chi connectivity index (χ2v) is 25.9. The first-order valence-electron chi connectivity index (χ1n) is 34.6. The standard InChI is InChI=1S/C73H133N2O6P/c1-6-8-10-12-14-16-18-20-22-24-26-27-28-29-30-31-32-33-34-35-36-37-38-39-40-41-42-43-44-45-46-47-49-51-53-55-57-59-61-63-65-67-73(77)74-71(70-81-82(78,79)80-69-68-75(3,4)5)72(76)66-64-62-60-58-56-54-52-50-48-25-23-21-19-17-15-13-11-9-7-2/h8,10,14,16,20,22,26-27,29-30,32-33,35-36,38-39,71-72,76H,6-7,9,11-13,15,17-19,21,23-25,28,31,34,37,40-70H2,1-5H3,(H-,74,77,78,79)/b10-8-,16-14-,22-20-,27-26-,30-29-,33-32-,36-35-,39-38-. The van der Waals surface area contributed by atoms with Gasteiger partial charge in [-0.15, -0.1) is 0 Å². The Labute approximate surface area is 509 Å². The van der Waals surface area contributed by atoms with E-state index in [4.69, 9.17) is 9.05 Å². The SMILES string of the molecule is CC/C=C\C/C=C\C/C=C\C/C=C\C/C=C\C/C=C\C/C=C\C/C=C\CCCCCCCCCCCCCCCCCCC(=O)NC(COP(=O)([O-])OCC[N+](C)(C)C)C(O)CCCCCCCCCCCCCCCCCCCCC. The highest BCUT2D eigenvalue weighted by atomic mass is 31.2.